The van der Waals surface area contributed by atoms with E-state index in [1.165, 1.54) is 4.68 Å². The largest absolute Gasteiger partial charge is 0.462 e. The van der Waals surface area contributed by atoms with Gasteiger partial charge in [0.25, 0.3) is 0 Å². The number of hydrogen-bond donors (Lipinski definition) is 2. The molecule has 10 heteroatoms. The molecular formula is C20H20ClN5O3S. The average Bonchev–Trinajstić information content (AvgIpc) is 3.11. The lowest BCUT2D eigenvalue weighted by Gasteiger charge is -2.08. The van der Waals surface area contributed by atoms with Crippen molar-refractivity contribution in [1.82, 2.24) is 14.9 Å². The molecule has 0 bridgehead atoms. The second-order valence-corrected chi connectivity index (χ2v) is 7.62. The number of benzene rings is 2. The van der Waals surface area contributed by atoms with Crippen LogP contribution in [-0.4, -0.2) is 39.1 Å². The third-order valence-electron chi connectivity index (χ3n) is 3.92. The second-order valence-electron chi connectivity index (χ2n) is 6.24. The lowest BCUT2D eigenvalue weighted by Crippen LogP contribution is -2.17. The Morgan fingerprint density at radius 1 is 1.20 bits per heavy atom. The molecule has 2 aromatic carbocycles. The Morgan fingerprint density at radius 3 is 2.70 bits per heavy atom. The van der Waals surface area contributed by atoms with E-state index < -0.39 is 5.97 Å². The minimum Gasteiger partial charge on any atom is -0.462 e. The molecule has 0 aliphatic carbocycles. The molecule has 1 amide bonds. The first-order chi connectivity index (χ1) is 14.5. The smallest absolute Gasteiger partial charge is 0.338 e. The van der Waals surface area contributed by atoms with Crippen LogP contribution in [0.4, 0.5) is 5.69 Å². The maximum absolute atomic E-state index is 12.3. The normalized spacial score (nSPS) is 10.6. The summed E-state index contributed by atoms with van der Waals surface area (Å²) in [4.78, 5) is 24.3. The summed E-state index contributed by atoms with van der Waals surface area (Å²) in [5.74, 6) is 5.90. The highest BCUT2D eigenvalue weighted by Gasteiger charge is 2.14. The van der Waals surface area contributed by atoms with Crippen LogP contribution in [0.1, 0.15) is 23.7 Å². The molecule has 3 N–H and O–H groups in total. The molecule has 0 radical (unpaired) electrons. The monoisotopic (exact) mass is 445 g/mol. The van der Waals surface area contributed by atoms with Crippen molar-refractivity contribution in [2.24, 2.45) is 0 Å². The van der Waals surface area contributed by atoms with Gasteiger partial charge in [0.1, 0.15) is 0 Å². The molecule has 0 atom stereocenters. The number of ether oxygens (including phenoxy) is 1. The van der Waals surface area contributed by atoms with Crippen molar-refractivity contribution in [2.45, 2.75) is 18.5 Å². The van der Waals surface area contributed by atoms with Gasteiger partial charge < -0.3 is 15.9 Å². The number of nitrogens with two attached hydrogens (primary N) is 1. The Morgan fingerprint density at radius 2 is 1.97 bits per heavy atom. The number of nitrogen functional groups attached to an aromatic ring is 1. The molecule has 30 heavy (non-hydrogen) atoms. The SMILES string of the molecule is CCCOC(=O)c1cccc(NC(=O)CSc2nnc(-c3ccc(Cl)cc3)n2N)c1. The third-order valence-corrected chi connectivity index (χ3v) is 5.11. The van der Waals surface area contributed by atoms with Gasteiger partial charge >= 0.3 is 5.97 Å². The van der Waals surface area contributed by atoms with Crippen LogP contribution < -0.4 is 11.2 Å². The summed E-state index contributed by atoms with van der Waals surface area (Å²) in [6, 6.07) is 13.6. The van der Waals surface area contributed by atoms with Gasteiger partial charge in [0.15, 0.2) is 5.82 Å². The van der Waals surface area contributed by atoms with Crippen LogP contribution in [0, 0.1) is 0 Å². The zero-order chi connectivity index (χ0) is 21.5. The van der Waals surface area contributed by atoms with Crippen LogP contribution in [0.5, 0.6) is 0 Å². The first kappa shape index (κ1) is 21.7. The van der Waals surface area contributed by atoms with Gasteiger partial charge in [0.2, 0.25) is 11.1 Å². The van der Waals surface area contributed by atoms with Gasteiger partial charge in [-0.05, 0) is 48.9 Å². The predicted molar refractivity (Wildman–Crippen MR) is 117 cm³/mol. The molecule has 3 rings (SSSR count). The van der Waals surface area contributed by atoms with Gasteiger partial charge in [-0.25, -0.2) is 9.47 Å². The van der Waals surface area contributed by atoms with E-state index in [0.717, 1.165) is 23.7 Å². The number of esters is 1. The highest BCUT2D eigenvalue weighted by atomic mass is 35.5. The van der Waals surface area contributed by atoms with E-state index in [1.807, 2.05) is 6.92 Å². The second kappa shape index (κ2) is 10.1. The van der Waals surface area contributed by atoms with Gasteiger partial charge in [-0.3, -0.25) is 4.79 Å². The van der Waals surface area contributed by atoms with Crippen LogP contribution >= 0.6 is 23.4 Å². The Hall–Kier alpha value is -3.04. The number of amides is 1. The quantitative estimate of drug-likeness (QED) is 0.309. The molecule has 0 aliphatic rings. The molecule has 0 aliphatic heterocycles. The number of carbonyl (C=O) groups excluding carboxylic acids is 2. The Bertz CT molecular complexity index is 1040. The summed E-state index contributed by atoms with van der Waals surface area (Å²) >= 11 is 7.05. The molecule has 0 fully saturated rings. The van der Waals surface area contributed by atoms with E-state index in [9.17, 15) is 9.59 Å². The summed E-state index contributed by atoms with van der Waals surface area (Å²) in [6.07, 6.45) is 0.741. The standard InChI is InChI=1S/C20H20ClN5O3S/c1-2-10-29-19(28)14-4-3-5-16(11-14)23-17(27)12-30-20-25-24-18(26(20)22)13-6-8-15(21)9-7-13/h3-9,11H,2,10,12,22H2,1H3,(H,23,27). The lowest BCUT2D eigenvalue weighted by molar-refractivity contribution is -0.113. The number of anilines is 1. The number of nitrogens with zero attached hydrogens (tertiary/aromatic N) is 3. The van der Waals surface area contributed by atoms with Gasteiger partial charge in [-0.1, -0.05) is 36.4 Å². The fraction of sp³-hybridized carbons (Fsp3) is 0.200. The first-order valence-electron chi connectivity index (χ1n) is 9.14. The van der Waals surface area contributed by atoms with E-state index in [4.69, 9.17) is 22.2 Å². The fourth-order valence-electron chi connectivity index (χ4n) is 2.50. The zero-order valence-corrected chi connectivity index (χ0v) is 17.7. The van der Waals surface area contributed by atoms with Crippen molar-refractivity contribution in [3.8, 4) is 11.4 Å². The molecule has 0 saturated carbocycles. The predicted octanol–water partition coefficient (Wildman–Crippen LogP) is 3.61. The summed E-state index contributed by atoms with van der Waals surface area (Å²) in [6.45, 7) is 2.27. The molecule has 0 spiro atoms. The highest BCUT2D eigenvalue weighted by Crippen LogP contribution is 2.23. The van der Waals surface area contributed by atoms with Crippen molar-refractivity contribution in [2.75, 3.05) is 23.5 Å². The van der Waals surface area contributed by atoms with Crippen LogP contribution in [-0.2, 0) is 9.53 Å². The Kier molecular flexibility index (Phi) is 7.31. The maximum Gasteiger partial charge on any atom is 0.338 e. The number of halogens is 1. The van der Waals surface area contributed by atoms with Crippen molar-refractivity contribution in [3.63, 3.8) is 0 Å². The zero-order valence-electron chi connectivity index (χ0n) is 16.2. The van der Waals surface area contributed by atoms with Gasteiger partial charge in [-0.2, -0.15) is 0 Å². The van der Waals surface area contributed by atoms with Crippen LogP contribution in [0.2, 0.25) is 5.02 Å². The highest BCUT2D eigenvalue weighted by molar-refractivity contribution is 7.99. The molecule has 156 valence electrons. The van der Waals surface area contributed by atoms with E-state index in [2.05, 4.69) is 15.5 Å². The molecule has 3 aromatic rings. The number of aromatic nitrogens is 3. The summed E-state index contributed by atoms with van der Waals surface area (Å²) < 4.78 is 6.43. The fourth-order valence-corrected chi connectivity index (χ4v) is 3.28. The molecule has 1 heterocycles. The maximum atomic E-state index is 12.3. The minimum absolute atomic E-state index is 0.0699. The van der Waals surface area contributed by atoms with Crippen LogP contribution in [0.15, 0.2) is 53.7 Å². The number of nitrogens with one attached hydrogen (secondary N) is 1. The molecule has 0 unspecified atom stereocenters. The van der Waals surface area contributed by atoms with E-state index in [-0.39, 0.29) is 11.7 Å². The Balaban J connectivity index is 1.59. The third kappa shape index (κ3) is 5.52. The van der Waals surface area contributed by atoms with E-state index in [0.29, 0.717) is 33.9 Å². The van der Waals surface area contributed by atoms with Gasteiger partial charge in [-0.15, -0.1) is 10.2 Å². The molecular weight excluding hydrogens is 426 g/mol. The number of thioether (sulfide) groups is 1. The van der Waals surface area contributed by atoms with Gasteiger partial charge in [0, 0.05) is 16.3 Å². The van der Waals surface area contributed by atoms with Crippen LogP contribution in [0.3, 0.4) is 0 Å². The van der Waals surface area contributed by atoms with E-state index >= 15 is 0 Å². The first-order valence-corrected chi connectivity index (χ1v) is 10.5. The molecule has 8 nitrogen and oxygen atoms in total. The summed E-state index contributed by atoms with van der Waals surface area (Å²) in [5, 5.41) is 11.9. The molecule has 1 aromatic heterocycles. The minimum atomic E-state index is -0.423. The topological polar surface area (TPSA) is 112 Å². The lowest BCUT2D eigenvalue weighted by atomic mass is 10.2. The average molecular weight is 446 g/mol. The number of carbonyl (C=O) groups is 2. The van der Waals surface area contributed by atoms with Crippen molar-refractivity contribution < 1.29 is 14.3 Å². The van der Waals surface area contributed by atoms with E-state index in [1.54, 1.807) is 48.5 Å². The summed E-state index contributed by atoms with van der Waals surface area (Å²) in [5.41, 5.74) is 1.64. The summed E-state index contributed by atoms with van der Waals surface area (Å²) in [7, 11) is 0. The van der Waals surface area contributed by atoms with Crippen molar-refractivity contribution >= 4 is 40.9 Å². The van der Waals surface area contributed by atoms with Crippen molar-refractivity contribution in [3.05, 3.63) is 59.1 Å². The van der Waals surface area contributed by atoms with Crippen molar-refractivity contribution in [1.29, 1.82) is 0 Å². The number of rotatable bonds is 8. The van der Waals surface area contributed by atoms with Gasteiger partial charge in [0.05, 0.1) is 17.9 Å². The Labute approximate surface area is 182 Å². The molecule has 0 saturated heterocycles. The van der Waals surface area contributed by atoms with Crippen LogP contribution in [0.25, 0.3) is 11.4 Å². The number of hydrogen-bond acceptors (Lipinski definition) is 7.